The van der Waals surface area contributed by atoms with Crippen LogP contribution in [-0.2, 0) is 13.0 Å². The SMILES string of the molecule is O=C(O)c1ccc(=O)n(CCc2cccs2)n1. The lowest BCUT2D eigenvalue weighted by Crippen LogP contribution is -2.25. The van der Waals surface area contributed by atoms with Gasteiger partial charge in [-0.15, -0.1) is 11.3 Å². The Morgan fingerprint density at radius 3 is 2.88 bits per heavy atom. The number of carboxylic acids is 1. The first-order chi connectivity index (χ1) is 8.16. The Hall–Kier alpha value is -1.95. The van der Waals surface area contributed by atoms with Crippen molar-refractivity contribution in [2.75, 3.05) is 0 Å². The monoisotopic (exact) mass is 250 g/mol. The number of rotatable bonds is 4. The molecule has 0 unspecified atom stereocenters. The maximum atomic E-state index is 11.5. The average Bonchev–Trinajstić information content (AvgIpc) is 2.80. The fraction of sp³-hybridized carbons (Fsp3) is 0.182. The Labute approximate surface area is 101 Å². The van der Waals surface area contributed by atoms with E-state index in [1.54, 1.807) is 11.3 Å². The molecule has 2 rings (SSSR count). The summed E-state index contributed by atoms with van der Waals surface area (Å²) in [4.78, 5) is 23.3. The van der Waals surface area contributed by atoms with Gasteiger partial charge < -0.3 is 5.11 Å². The predicted octanol–water partition coefficient (Wildman–Crippen LogP) is 1.25. The summed E-state index contributed by atoms with van der Waals surface area (Å²) in [6.45, 7) is 0.389. The van der Waals surface area contributed by atoms with Gasteiger partial charge >= 0.3 is 5.97 Å². The summed E-state index contributed by atoms with van der Waals surface area (Å²) >= 11 is 1.60. The first-order valence-electron chi connectivity index (χ1n) is 5.00. The topological polar surface area (TPSA) is 72.2 Å². The molecule has 0 fully saturated rings. The lowest BCUT2D eigenvalue weighted by molar-refractivity contribution is 0.0687. The molecule has 2 heterocycles. The van der Waals surface area contributed by atoms with Crippen molar-refractivity contribution in [1.29, 1.82) is 0 Å². The maximum absolute atomic E-state index is 11.5. The minimum atomic E-state index is -1.13. The fourth-order valence-electron chi connectivity index (χ4n) is 1.39. The van der Waals surface area contributed by atoms with Crippen LogP contribution < -0.4 is 5.56 Å². The largest absolute Gasteiger partial charge is 0.476 e. The van der Waals surface area contributed by atoms with Crippen molar-refractivity contribution in [3.8, 4) is 0 Å². The van der Waals surface area contributed by atoms with Crippen LogP contribution in [0.3, 0.4) is 0 Å². The zero-order chi connectivity index (χ0) is 12.3. The van der Waals surface area contributed by atoms with Gasteiger partial charge in [-0.1, -0.05) is 6.07 Å². The number of aryl methyl sites for hydroxylation is 2. The van der Waals surface area contributed by atoms with Gasteiger partial charge in [0.25, 0.3) is 5.56 Å². The standard InChI is InChI=1S/C11H10N2O3S/c14-10-4-3-9(11(15)16)12-13(10)6-5-8-2-1-7-17-8/h1-4,7H,5-6H2,(H,15,16). The zero-order valence-electron chi connectivity index (χ0n) is 8.87. The summed E-state index contributed by atoms with van der Waals surface area (Å²) in [6, 6.07) is 6.35. The highest BCUT2D eigenvalue weighted by atomic mass is 32.1. The zero-order valence-corrected chi connectivity index (χ0v) is 9.68. The summed E-state index contributed by atoms with van der Waals surface area (Å²) in [7, 11) is 0. The molecular formula is C11H10N2O3S. The summed E-state index contributed by atoms with van der Waals surface area (Å²) in [6.07, 6.45) is 0.674. The molecule has 0 atom stereocenters. The Bertz CT molecular complexity index is 575. The van der Waals surface area contributed by atoms with E-state index in [-0.39, 0.29) is 11.3 Å². The van der Waals surface area contributed by atoms with Gasteiger partial charge in [-0.25, -0.2) is 9.48 Å². The molecule has 0 aliphatic rings. The number of carboxylic acid groups (broad SMARTS) is 1. The number of hydrogen-bond donors (Lipinski definition) is 1. The second-order valence-electron chi connectivity index (χ2n) is 3.41. The molecule has 0 aromatic carbocycles. The number of aromatic carboxylic acids is 1. The third-order valence-electron chi connectivity index (χ3n) is 2.24. The van der Waals surface area contributed by atoms with Gasteiger partial charge in [0.05, 0.1) is 0 Å². The highest BCUT2D eigenvalue weighted by Gasteiger charge is 2.07. The van der Waals surface area contributed by atoms with E-state index in [0.29, 0.717) is 13.0 Å². The summed E-state index contributed by atoms with van der Waals surface area (Å²) in [5.74, 6) is -1.13. The molecule has 17 heavy (non-hydrogen) atoms. The van der Waals surface area contributed by atoms with Gasteiger partial charge in [0.2, 0.25) is 0 Å². The number of carbonyl (C=O) groups is 1. The molecule has 0 aliphatic heterocycles. The second-order valence-corrected chi connectivity index (χ2v) is 4.45. The summed E-state index contributed by atoms with van der Waals surface area (Å²) in [5, 5.41) is 14.5. The second kappa shape index (κ2) is 4.92. The van der Waals surface area contributed by atoms with E-state index < -0.39 is 5.97 Å². The van der Waals surface area contributed by atoms with Gasteiger partial charge in [0.15, 0.2) is 5.69 Å². The molecule has 5 nitrogen and oxygen atoms in total. The van der Waals surface area contributed by atoms with E-state index in [0.717, 1.165) is 4.88 Å². The first-order valence-corrected chi connectivity index (χ1v) is 5.88. The molecule has 0 saturated carbocycles. The quantitative estimate of drug-likeness (QED) is 0.886. The fourth-order valence-corrected chi connectivity index (χ4v) is 2.09. The van der Waals surface area contributed by atoms with E-state index in [9.17, 15) is 9.59 Å². The van der Waals surface area contributed by atoms with Crippen LogP contribution in [0.25, 0.3) is 0 Å². The third-order valence-corrected chi connectivity index (χ3v) is 3.17. The maximum Gasteiger partial charge on any atom is 0.356 e. The lowest BCUT2D eigenvalue weighted by Gasteiger charge is -2.03. The van der Waals surface area contributed by atoms with E-state index in [4.69, 9.17) is 5.11 Å². The predicted molar refractivity (Wildman–Crippen MR) is 63.5 cm³/mol. The van der Waals surface area contributed by atoms with Crippen molar-refractivity contribution in [3.63, 3.8) is 0 Å². The van der Waals surface area contributed by atoms with Crippen molar-refractivity contribution < 1.29 is 9.90 Å². The number of thiophene rings is 1. The van der Waals surface area contributed by atoms with Crippen molar-refractivity contribution >= 4 is 17.3 Å². The molecule has 88 valence electrons. The van der Waals surface area contributed by atoms with Crippen LogP contribution in [0.2, 0.25) is 0 Å². The van der Waals surface area contributed by atoms with Crippen LogP contribution >= 0.6 is 11.3 Å². The number of hydrogen-bond acceptors (Lipinski definition) is 4. The molecule has 6 heteroatoms. The molecule has 0 saturated heterocycles. The Morgan fingerprint density at radius 2 is 2.24 bits per heavy atom. The first kappa shape index (κ1) is 11.5. The normalized spacial score (nSPS) is 10.4. The van der Waals surface area contributed by atoms with Crippen LogP contribution in [0, 0.1) is 0 Å². The van der Waals surface area contributed by atoms with Crippen molar-refractivity contribution in [3.05, 3.63) is 50.6 Å². The Balaban J connectivity index is 2.17. The highest BCUT2D eigenvalue weighted by molar-refractivity contribution is 7.09. The van der Waals surface area contributed by atoms with Crippen molar-refractivity contribution in [2.24, 2.45) is 0 Å². The summed E-state index contributed by atoms with van der Waals surface area (Å²) in [5.41, 5.74) is -0.401. The third kappa shape index (κ3) is 2.79. The van der Waals surface area contributed by atoms with Crippen LogP contribution in [0.5, 0.6) is 0 Å². The van der Waals surface area contributed by atoms with Gasteiger partial charge in [-0.05, 0) is 17.5 Å². The van der Waals surface area contributed by atoms with E-state index in [1.165, 1.54) is 16.8 Å². The molecule has 1 N–H and O–H groups in total. The van der Waals surface area contributed by atoms with Crippen LogP contribution in [0.1, 0.15) is 15.4 Å². The van der Waals surface area contributed by atoms with Crippen LogP contribution in [-0.4, -0.2) is 20.9 Å². The Morgan fingerprint density at radius 1 is 1.41 bits per heavy atom. The number of aromatic nitrogens is 2. The van der Waals surface area contributed by atoms with Crippen LogP contribution in [0.4, 0.5) is 0 Å². The summed E-state index contributed by atoms with van der Waals surface area (Å²) < 4.78 is 1.18. The molecule has 0 spiro atoms. The van der Waals surface area contributed by atoms with Gasteiger partial charge in [-0.2, -0.15) is 5.10 Å². The molecule has 2 aromatic rings. The van der Waals surface area contributed by atoms with Crippen LogP contribution in [0.15, 0.2) is 34.4 Å². The van der Waals surface area contributed by atoms with E-state index in [2.05, 4.69) is 5.10 Å². The minimum Gasteiger partial charge on any atom is -0.476 e. The molecule has 2 aromatic heterocycles. The van der Waals surface area contributed by atoms with Gasteiger partial charge in [-0.3, -0.25) is 4.79 Å². The molecule has 0 radical (unpaired) electrons. The van der Waals surface area contributed by atoms with Gasteiger partial charge in [0, 0.05) is 23.9 Å². The molecular weight excluding hydrogens is 240 g/mol. The number of nitrogens with zero attached hydrogens (tertiary/aromatic N) is 2. The lowest BCUT2D eigenvalue weighted by atomic mass is 10.3. The minimum absolute atomic E-state index is 0.115. The van der Waals surface area contributed by atoms with E-state index >= 15 is 0 Å². The van der Waals surface area contributed by atoms with Gasteiger partial charge in [0.1, 0.15) is 0 Å². The average molecular weight is 250 g/mol. The molecule has 0 aliphatic carbocycles. The van der Waals surface area contributed by atoms with E-state index in [1.807, 2.05) is 17.5 Å². The smallest absolute Gasteiger partial charge is 0.356 e. The highest BCUT2D eigenvalue weighted by Crippen LogP contribution is 2.09. The van der Waals surface area contributed by atoms with Crippen molar-refractivity contribution in [1.82, 2.24) is 9.78 Å². The molecule has 0 amide bonds. The Kier molecular flexibility index (Phi) is 3.34. The van der Waals surface area contributed by atoms with Crippen molar-refractivity contribution in [2.45, 2.75) is 13.0 Å². The molecule has 0 bridgehead atoms.